The van der Waals surface area contributed by atoms with Crippen LogP contribution in [0.1, 0.15) is 46.8 Å². The number of hydrogen-bond donors (Lipinski definition) is 0. The van der Waals surface area contributed by atoms with Gasteiger partial charge in [0.15, 0.2) is 0 Å². The average molecular weight is 346 g/mol. The second-order valence-electron chi connectivity index (χ2n) is 6.82. The van der Waals surface area contributed by atoms with Gasteiger partial charge < -0.3 is 9.32 Å². The number of likely N-dealkylation sites (tertiary alicyclic amines) is 1. The van der Waals surface area contributed by atoms with Crippen LogP contribution < -0.4 is 0 Å². The number of piperidine rings is 1. The van der Waals surface area contributed by atoms with Gasteiger partial charge in [-0.3, -0.25) is 14.7 Å². The Morgan fingerprint density at radius 3 is 3.17 bits per heavy atom. The Bertz CT molecular complexity index is 712. The van der Waals surface area contributed by atoms with E-state index in [2.05, 4.69) is 21.8 Å². The first-order chi connectivity index (χ1) is 11.7. The second kappa shape index (κ2) is 6.64. The molecule has 4 heterocycles. The fraction of sp³-hybridized carbons (Fsp3) is 0.588. The molecule has 0 spiro atoms. The van der Waals surface area contributed by atoms with Crippen molar-refractivity contribution in [1.29, 1.82) is 0 Å². The summed E-state index contributed by atoms with van der Waals surface area (Å²) in [4.78, 5) is 26.8. The lowest BCUT2D eigenvalue weighted by molar-refractivity contribution is 0.0640. The molecule has 2 aliphatic rings. The van der Waals surface area contributed by atoms with Crippen LogP contribution in [0.15, 0.2) is 16.1 Å². The summed E-state index contributed by atoms with van der Waals surface area (Å²) in [7, 11) is 0. The number of thiazole rings is 1. The van der Waals surface area contributed by atoms with Gasteiger partial charge in [-0.05, 0) is 18.8 Å². The zero-order chi connectivity index (χ0) is 16.5. The number of rotatable bonds is 3. The number of carbonyl (C=O) groups excluding carboxylic acids is 1. The molecule has 0 aromatic carbocycles. The number of oxazole rings is 1. The molecule has 0 N–H and O–H groups in total. The molecule has 128 valence electrons. The van der Waals surface area contributed by atoms with Gasteiger partial charge >= 0.3 is 5.91 Å². The van der Waals surface area contributed by atoms with Crippen molar-refractivity contribution in [2.24, 2.45) is 5.92 Å². The quantitative estimate of drug-likeness (QED) is 0.855. The van der Waals surface area contributed by atoms with Crippen LogP contribution in [0, 0.1) is 5.92 Å². The van der Waals surface area contributed by atoms with Crippen molar-refractivity contribution >= 4 is 17.2 Å². The minimum Gasteiger partial charge on any atom is -0.437 e. The fourth-order valence-corrected chi connectivity index (χ4v) is 4.16. The van der Waals surface area contributed by atoms with E-state index in [1.54, 1.807) is 11.3 Å². The predicted molar refractivity (Wildman–Crippen MR) is 90.7 cm³/mol. The summed E-state index contributed by atoms with van der Waals surface area (Å²) in [5, 5.41) is 0. The van der Waals surface area contributed by atoms with Gasteiger partial charge in [0.25, 0.3) is 5.89 Å². The zero-order valence-electron chi connectivity index (χ0n) is 13.9. The highest BCUT2D eigenvalue weighted by Gasteiger charge is 2.29. The van der Waals surface area contributed by atoms with Crippen molar-refractivity contribution in [3.63, 3.8) is 0 Å². The lowest BCUT2D eigenvalue weighted by Gasteiger charge is -2.29. The third kappa shape index (κ3) is 3.23. The summed E-state index contributed by atoms with van der Waals surface area (Å²) in [6.45, 7) is 6.35. The van der Waals surface area contributed by atoms with E-state index in [-0.39, 0.29) is 11.8 Å². The van der Waals surface area contributed by atoms with Crippen molar-refractivity contribution < 1.29 is 9.21 Å². The summed E-state index contributed by atoms with van der Waals surface area (Å²) in [5.41, 5.74) is 2.77. The Morgan fingerprint density at radius 2 is 2.38 bits per heavy atom. The summed E-state index contributed by atoms with van der Waals surface area (Å²) in [6, 6.07) is 0. The molecule has 1 saturated heterocycles. The Morgan fingerprint density at radius 1 is 1.46 bits per heavy atom. The molecular weight excluding hydrogens is 324 g/mol. The van der Waals surface area contributed by atoms with E-state index in [4.69, 9.17) is 4.42 Å². The number of carbonyl (C=O) groups is 1. The molecule has 0 aliphatic carbocycles. The van der Waals surface area contributed by atoms with Crippen molar-refractivity contribution in [2.75, 3.05) is 19.6 Å². The van der Waals surface area contributed by atoms with E-state index in [9.17, 15) is 4.79 Å². The topological polar surface area (TPSA) is 62.5 Å². The van der Waals surface area contributed by atoms with Gasteiger partial charge in [-0.15, -0.1) is 11.3 Å². The lowest BCUT2D eigenvalue weighted by atomic mass is 10.0. The van der Waals surface area contributed by atoms with Gasteiger partial charge in [-0.1, -0.05) is 6.92 Å². The molecule has 1 unspecified atom stereocenters. The van der Waals surface area contributed by atoms with Crippen LogP contribution in [-0.4, -0.2) is 45.3 Å². The maximum absolute atomic E-state index is 12.7. The third-order valence-corrected chi connectivity index (χ3v) is 5.56. The lowest BCUT2D eigenvalue weighted by Crippen LogP contribution is -2.39. The molecule has 6 nitrogen and oxygen atoms in total. The number of aromatic nitrogens is 2. The minimum absolute atomic E-state index is 0.0510. The summed E-state index contributed by atoms with van der Waals surface area (Å²) in [6.07, 6.45) is 4.98. The Balaban J connectivity index is 1.45. The summed E-state index contributed by atoms with van der Waals surface area (Å²) in [5.74, 6) is 1.66. The molecule has 0 saturated carbocycles. The van der Waals surface area contributed by atoms with Gasteiger partial charge in [-0.2, -0.15) is 0 Å². The fourth-order valence-electron chi connectivity index (χ4n) is 3.53. The van der Waals surface area contributed by atoms with Gasteiger partial charge in [0.2, 0.25) is 0 Å². The van der Waals surface area contributed by atoms with Gasteiger partial charge in [0, 0.05) is 50.2 Å². The van der Waals surface area contributed by atoms with Crippen molar-refractivity contribution in [3.05, 3.63) is 33.9 Å². The summed E-state index contributed by atoms with van der Waals surface area (Å²) < 4.78 is 5.80. The number of amides is 1. The van der Waals surface area contributed by atoms with E-state index in [0.29, 0.717) is 5.92 Å². The van der Waals surface area contributed by atoms with Gasteiger partial charge in [-0.25, -0.2) is 4.98 Å². The number of hydrogen-bond acceptors (Lipinski definition) is 6. The van der Waals surface area contributed by atoms with E-state index in [0.717, 1.165) is 57.0 Å². The molecule has 4 rings (SSSR count). The first-order valence-corrected chi connectivity index (χ1v) is 9.44. The van der Waals surface area contributed by atoms with Crippen LogP contribution in [0.25, 0.3) is 0 Å². The molecule has 0 radical (unpaired) electrons. The van der Waals surface area contributed by atoms with E-state index < -0.39 is 0 Å². The molecule has 24 heavy (non-hydrogen) atoms. The highest BCUT2D eigenvalue weighted by atomic mass is 32.1. The standard InChI is InChI=1S/C17H22N4O2S/c1-12-3-2-5-21(8-12)17(22)16-19-14-10-20(6-4-15(14)23-16)9-13-7-18-11-24-13/h7,11-12H,2-6,8-10H2,1H3. The molecule has 1 fully saturated rings. The van der Waals surface area contributed by atoms with E-state index in [1.807, 2.05) is 16.6 Å². The molecule has 2 aromatic heterocycles. The highest BCUT2D eigenvalue weighted by Crippen LogP contribution is 2.24. The zero-order valence-corrected chi connectivity index (χ0v) is 14.7. The SMILES string of the molecule is CC1CCCN(C(=O)c2nc3c(o2)CCN(Cc2cncs2)C3)C1. The van der Waals surface area contributed by atoms with Crippen LogP contribution in [0.5, 0.6) is 0 Å². The van der Waals surface area contributed by atoms with Crippen molar-refractivity contribution in [1.82, 2.24) is 19.8 Å². The van der Waals surface area contributed by atoms with Crippen LogP contribution >= 0.6 is 11.3 Å². The minimum atomic E-state index is -0.0510. The molecule has 1 amide bonds. The number of fused-ring (bicyclic) bond motifs is 1. The Kier molecular flexibility index (Phi) is 4.37. The molecule has 1 atom stereocenters. The van der Waals surface area contributed by atoms with Gasteiger partial charge in [0.05, 0.1) is 11.2 Å². The molecule has 0 bridgehead atoms. The maximum atomic E-state index is 12.7. The first kappa shape index (κ1) is 15.8. The summed E-state index contributed by atoms with van der Waals surface area (Å²) >= 11 is 1.67. The monoisotopic (exact) mass is 346 g/mol. The molecular formula is C17H22N4O2S. The third-order valence-electron chi connectivity index (χ3n) is 4.80. The number of nitrogens with zero attached hydrogens (tertiary/aromatic N) is 4. The normalized spacial score (nSPS) is 21.7. The van der Waals surface area contributed by atoms with Crippen LogP contribution in [0.3, 0.4) is 0 Å². The largest absolute Gasteiger partial charge is 0.437 e. The predicted octanol–water partition coefficient (Wildman–Crippen LogP) is 2.56. The Hall–Kier alpha value is -1.73. The van der Waals surface area contributed by atoms with Crippen molar-refractivity contribution in [2.45, 2.75) is 39.3 Å². The van der Waals surface area contributed by atoms with E-state index >= 15 is 0 Å². The van der Waals surface area contributed by atoms with Gasteiger partial charge in [0.1, 0.15) is 5.76 Å². The second-order valence-corrected chi connectivity index (χ2v) is 7.79. The average Bonchev–Trinajstić information content (AvgIpc) is 3.23. The molecule has 2 aromatic rings. The smallest absolute Gasteiger partial charge is 0.309 e. The molecule has 7 heteroatoms. The van der Waals surface area contributed by atoms with E-state index in [1.165, 1.54) is 11.3 Å². The van der Waals surface area contributed by atoms with Crippen LogP contribution in [-0.2, 0) is 19.5 Å². The first-order valence-electron chi connectivity index (χ1n) is 8.56. The van der Waals surface area contributed by atoms with Crippen LogP contribution in [0.4, 0.5) is 0 Å². The Labute approximate surface area is 145 Å². The van der Waals surface area contributed by atoms with Crippen LogP contribution in [0.2, 0.25) is 0 Å². The van der Waals surface area contributed by atoms with Crippen molar-refractivity contribution in [3.8, 4) is 0 Å². The highest BCUT2D eigenvalue weighted by molar-refractivity contribution is 7.09. The maximum Gasteiger partial charge on any atom is 0.309 e. The molecule has 2 aliphatic heterocycles.